The van der Waals surface area contributed by atoms with Crippen LogP contribution in [0.4, 0.5) is 0 Å². The van der Waals surface area contributed by atoms with Crippen LogP contribution in [0.15, 0.2) is 59.5 Å². The number of carbonyl (C=O) groups is 2. The highest BCUT2D eigenvalue weighted by Gasteiger charge is 2.48. The van der Waals surface area contributed by atoms with E-state index in [1.54, 1.807) is 18.2 Å². The van der Waals surface area contributed by atoms with Gasteiger partial charge >= 0.3 is 7.12 Å². The lowest BCUT2D eigenvalue weighted by atomic mass is 9.82. The maximum absolute atomic E-state index is 13.5. The van der Waals surface area contributed by atoms with Gasteiger partial charge in [-0.15, -0.1) is 0 Å². The molecule has 2 aliphatic rings. The summed E-state index contributed by atoms with van der Waals surface area (Å²) in [7, 11) is -5.73. The lowest BCUT2D eigenvalue weighted by molar-refractivity contribution is -0.144. The van der Waals surface area contributed by atoms with Crippen molar-refractivity contribution in [2.75, 3.05) is 6.54 Å². The number of rotatable bonds is 13. The summed E-state index contributed by atoms with van der Waals surface area (Å²) in [6, 6.07) is 15.8. The minimum Gasteiger partial charge on any atom is -0.426 e. The fourth-order valence-electron chi connectivity index (χ4n) is 5.73. The van der Waals surface area contributed by atoms with Gasteiger partial charge in [0.15, 0.2) is 5.96 Å². The van der Waals surface area contributed by atoms with E-state index in [9.17, 15) is 23.0 Å². The molecule has 1 atom stereocenters. The molecule has 2 aromatic carbocycles. The van der Waals surface area contributed by atoms with Crippen molar-refractivity contribution < 1.29 is 27.1 Å². The Kier molecular flexibility index (Phi) is 10.1. The zero-order valence-corrected chi connectivity index (χ0v) is 23.8. The fraction of sp³-hybridized carbons (Fsp3) is 0.464. The van der Waals surface area contributed by atoms with E-state index in [0.717, 1.165) is 25.7 Å². The highest BCUT2D eigenvalue weighted by Crippen LogP contribution is 2.39. The van der Waals surface area contributed by atoms with E-state index in [1.165, 1.54) is 23.3 Å². The topological polar surface area (TPSA) is 184 Å². The molecule has 0 aromatic heterocycles. The van der Waals surface area contributed by atoms with Crippen LogP contribution < -0.4 is 21.7 Å². The van der Waals surface area contributed by atoms with Crippen molar-refractivity contribution in [2.24, 2.45) is 17.1 Å². The van der Waals surface area contributed by atoms with Gasteiger partial charge in [0.25, 0.3) is 10.1 Å². The molecule has 1 saturated carbocycles. The van der Waals surface area contributed by atoms with Gasteiger partial charge in [-0.1, -0.05) is 61.7 Å². The smallest absolute Gasteiger partial charge is 0.426 e. The molecule has 1 unspecified atom stereocenters. The molecule has 13 heteroatoms. The third-order valence-electron chi connectivity index (χ3n) is 7.86. The second kappa shape index (κ2) is 13.5. The number of guanidine groups is 1. The van der Waals surface area contributed by atoms with Gasteiger partial charge in [-0.05, 0) is 67.6 Å². The number of hydrogen-bond donors (Lipinski definition) is 6. The summed E-state index contributed by atoms with van der Waals surface area (Å²) in [4.78, 5) is 26.9. The first-order valence-corrected chi connectivity index (χ1v) is 15.4. The summed E-state index contributed by atoms with van der Waals surface area (Å²) in [6.07, 6.45) is 3.72. The monoisotopic (exact) mass is 583 g/mol. The Hall–Kier alpha value is -3.42. The Bertz CT molecular complexity index is 1310. The molecule has 41 heavy (non-hydrogen) atoms. The van der Waals surface area contributed by atoms with Crippen molar-refractivity contribution in [1.82, 2.24) is 16.0 Å². The van der Waals surface area contributed by atoms with Gasteiger partial charge in [-0.3, -0.25) is 19.1 Å². The van der Waals surface area contributed by atoms with Crippen molar-refractivity contribution in [3.05, 3.63) is 65.7 Å². The summed E-state index contributed by atoms with van der Waals surface area (Å²) in [5, 5.41) is 26.4. The summed E-state index contributed by atoms with van der Waals surface area (Å²) >= 11 is 0. The normalized spacial score (nSPS) is 16.9. The molecule has 0 saturated heterocycles. The van der Waals surface area contributed by atoms with E-state index < -0.39 is 34.7 Å². The van der Waals surface area contributed by atoms with Gasteiger partial charge < -0.3 is 26.7 Å². The number of nitrogens with two attached hydrogens (primary N) is 1. The molecule has 0 bridgehead atoms. The molecule has 1 fully saturated rings. The highest BCUT2D eigenvalue weighted by atomic mass is 32.2. The van der Waals surface area contributed by atoms with Crippen LogP contribution >= 0.6 is 0 Å². The van der Waals surface area contributed by atoms with Crippen molar-refractivity contribution in [2.45, 2.75) is 68.7 Å². The predicted molar refractivity (Wildman–Crippen MR) is 155 cm³/mol. The Labute approximate surface area is 241 Å². The fourth-order valence-corrected chi connectivity index (χ4v) is 6.72. The first-order valence-electron chi connectivity index (χ1n) is 14.0. The number of fused-ring (bicyclic) bond motifs is 1. The van der Waals surface area contributed by atoms with Gasteiger partial charge in [-0.25, -0.2) is 0 Å². The minimum absolute atomic E-state index is 0.0482. The molecule has 2 aromatic rings. The predicted octanol–water partition coefficient (Wildman–Crippen LogP) is 1.67. The van der Waals surface area contributed by atoms with Crippen molar-refractivity contribution in [3.63, 3.8) is 0 Å². The van der Waals surface area contributed by atoms with Crippen LogP contribution in [-0.4, -0.2) is 51.0 Å². The van der Waals surface area contributed by atoms with E-state index >= 15 is 0 Å². The zero-order valence-electron chi connectivity index (χ0n) is 23.0. The lowest BCUT2D eigenvalue weighted by Crippen LogP contribution is -2.57. The first kappa shape index (κ1) is 30.5. The standard InChI is InChI=1S/C28H38BN5O6S/c30-27(31)34-24(13-8-16-29(37)40-41(38,39)23-11-2-1-3-12-23)33-26(36)28(14-6-7-15-28)25(35)32-19-20-17-21-9-4-5-10-22(21)18-20/h1-5,9-12,20,24,37H,6-8,13-19H2,(H,32,35)(H,33,36)(H4,30,31,34). The van der Waals surface area contributed by atoms with Crippen LogP contribution in [0.3, 0.4) is 0 Å². The second-order valence-electron chi connectivity index (χ2n) is 10.9. The van der Waals surface area contributed by atoms with Crippen LogP contribution in [0.5, 0.6) is 0 Å². The molecular formula is C28H38BN5O6S. The molecule has 220 valence electrons. The number of benzene rings is 2. The largest absolute Gasteiger partial charge is 0.471 e. The number of amides is 2. The maximum Gasteiger partial charge on any atom is 0.471 e. The molecule has 2 aliphatic carbocycles. The lowest BCUT2D eigenvalue weighted by Gasteiger charge is -2.30. The second-order valence-corrected chi connectivity index (χ2v) is 12.4. The number of nitrogens with one attached hydrogen (secondary N) is 4. The minimum atomic E-state index is -4.14. The Balaban J connectivity index is 1.31. The molecular weight excluding hydrogens is 545 g/mol. The van der Waals surface area contributed by atoms with Crippen LogP contribution in [0, 0.1) is 16.7 Å². The first-order chi connectivity index (χ1) is 19.6. The Morgan fingerprint density at radius 1 is 1.02 bits per heavy atom. The number of carbonyl (C=O) groups excluding carboxylic acids is 2. The molecule has 7 N–H and O–H groups in total. The Morgan fingerprint density at radius 2 is 1.63 bits per heavy atom. The third kappa shape index (κ3) is 7.87. The maximum atomic E-state index is 13.5. The van der Waals surface area contributed by atoms with Crippen LogP contribution in [0.1, 0.15) is 49.7 Å². The molecule has 0 heterocycles. The van der Waals surface area contributed by atoms with Crippen LogP contribution in [0.2, 0.25) is 6.32 Å². The molecule has 11 nitrogen and oxygen atoms in total. The average Bonchev–Trinajstić information content (AvgIpc) is 3.60. The summed E-state index contributed by atoms with van der Waals surface area (Å²) in [5.41, 5.74) is 6.92. The molecule has 2 amide bonds. The summed E-state index contributed by atoms with van der Waals surface area (Å²) in [6.45, 7) is 0.488. The molecule has 0 spiro atoms. The molecule has 0 radical (unpaired) electrons. The van der Waals surface area contributed by atoms with Gasteiger partial charge in [0.05, 0.1) is 4.90 Å². The average molecular weight is 584 g/mol. The summed E-state index contributed by atoms with van der Waals surface area (Å²) in [5.74, 6) is -0.821. The van der Waals surface area contributed by atoms with Gasteiger partial charge in [0.2, 0.25) is 11.8 Å². The Morgan fingerprint density at radius 3 is 2.24 bits per heavy atom. The van der Waals surface area contributed by atoms with Gasteiger partial charge in [0.1, 0.15) is 11.6 Å². The van der Waals surface area contributed by atoms with Crippen molar-refractivity contribution in [3.8, 4) is 0 Å². The quantitative estimate of drug-likeness (QED) is 0.0676. The van der Waals surface area contributed by atoms with E-state index in [4.69, 9.17) is 15.2 Å². The van der Waals surface area contributed by atoms with Crippen LogP contribution in [-0.2, 0) is 36.6 Å². The van der Waals surface area contributed by atoms with Crippen molar-refractivity contribution >= 4 is 35.0 Å². The van der Waals surface area contributed by atoms with E-state index in [2.05, 4.69) is 28.1 Å². The number of hydrogen-bond acceptors (Lipinski definition) is 7. The zero-order chi connectivity index (χ0) is 29.5. The summed E-state index contributed by atoms with van der Waals surface area (Å²) < 4.78 is 29.6. The van der Waals surface area contributed by atoms with E-state index in [1.807, 2.05) is 12.1 Å². The van der Waals surface area contributed by atoms with E-state index in [-0.39, 0.29) is 41.8 Å². The van der Waals surface area contributed by atoms with Gasteiger partial charge in [-0.2, -0.15) is 8.42 Å². The van der Waals surface area contributed by atoms with Crippen molar-refractivity contribution in [1.29, 1.82) is 5.41 Å². The van der Waals surface area contributed by atoms with Crippen LogP contribution in [0.25, 0.3) is 0 Å². The third-order valence-corrected chi connectivity index (χ3v) is 9.19. The highest BCUT2D eigenvalue weighted by molar-refractivity contribution is 7.87. The molecule has 4 rings (SSSR count). The van der Waals surface area contributed by atoms with E-state index in [0.29, 0.717) is 19.4 Å². The SMILES string of the molecule is N=C(N)NC(CCCB(O)OS(=O)(=O)c1ccccc1)NC(=O)C1(C(=O)NCC2Cc3ccccc3C2)CCCC1. The van der Waals surface area contributed by atoms with Gasteiger partial charge in [0, 0.05) is 6.54 Å². The molecule has 0 aliphatic heterocycles.